The molecule has 1 aromatic rings. The highest BCUT2D eigenvalue weighted by molar-refractivity contribution is 5.76. The Morgan fingerprint density at radius 2 is 2.06 bits per heavy atom. The summed E-state index contributed by atoms with van der Waals surface area (Å²) in [4.78, 5) is 24.4. The van der Waals surface area contributed by atoms with Crippen LogP contribution in [0.2, 0.25) is 0 Å². The predicted molar refractivity (Wildman–Crippen MR) is 59.6 cm³/mol. The average molecular weight is 254 g/mol. The molecule has 1 saturated heterocycles. The van der Waals surface area contributed by atoms with E-state index in [9.17, 15) is 9.59 Å². The van der Waals surface area contributed by atoms with Crippen molar-refractivity contribution in [1.82, 2.24) is 20.2 Å². The maximum atomic E-state index is 11.0. The van der Waals surface area contributed by atoms with Gasteiger partial charge in [-0.15, -0.1) is 5.10 Å². The second kappa shape index (κ2) is 4.98. The van der Waals surface area contributed by atoms with E-state index in [1.165, 1.54) is 0 Å². The molecule has 1 aliphatic rings. The second-order valence-electron chi connectivity index (χ2n) is 4.18. The first kappa shape index (κ1) is 12.3. The number of carbonyl (C=O) groups is 2. The van der Waals surface area contributed by atoms with Crippen molar-refractivity contribution in [1.29, 1.82) is 0 Å². The molecule has 0 aliphatic carbocycles. The monoisotopic (exact) mass is 254 g/mol. The molecule has 0 bridgehead atoms. The fourth-order valence-electron chi connectivity index (χ4n) is 1.91. The fourth-order valence-corrected chi connectivity index (χ4v) is 1.91. The SMILES string of the molecule is NC(=O)C1CCN(c2nnn(CC(=O)O)n2)CC1. The minimum Gasteiger partial charge on any atom is -0.480 e. The molecule has 18 heavy (non-hydrogen) atoms. The third-order valence-corrected chi connectivity index (χ3v) is 2.90. The van der Waals surface area contributed by atoms with Gasteiger partial charge in [-0.1, -0.05) is 5.10 Å². The third kappa shape index (κ3) is 2.73. The number of amides is 1. The van der Waals surface area contributed by atoms with Crippen LogP contribution < -0.4 is 10.6 Å². The van der Waals surface area contributed by atoms with E-state index in [2.05, 4.69) is 15.4 Å². The molecule has 0 unspecified atom stereocenters. The molecule has 3 N–H and O–H groups in total. The van der Waals surface area contributed by atoms with Gasteiger partial charge in [0.25, 0.3) is 5.95 Å². The summed E-state index contributed by atoms with van der Waals surface area (Å²) in [5.41, 5.74) is 5.24. The molecule has 9 nitrogen and oxygen atoms in total. The van der Waals surface area contributed by atoms with Crippen molar-refractivity contribution in [2.24, 2.45) is 11.7 Å². The van der Waals surface area contributed by atoms with E-state index < -0.39 is 5.97 Å². The van der Waals surface area contributed by atoms with Gasteiger partial charge in [0.1, 0.15) is 0 Å². The van der Waals surface area contributed by atoms with Gasteiger partial charge in [0, 0.05) is 19.0 Å². The van der Waals surface area contributed by atoms with Gasteiger partial charge in [-0.2, -0.15) is 4.80 Å². The number of tetrazole rings is 1. The number of primary amides is 1. The lowest BCUT2D eigenvalue weighted by Gasteiger charge is -2.29. The lowest BCUT2D eigenvalue weighted by Crippen LogP contribution is -2.39. The van der Waals surface area contributed by atoms with Crippen LogP contribution in [0.25, 0.3) is 0 Å². The highest BCUT2D eigenvalue weighted by atomic mass is 16.4. The first-order chi connectivity index (χ1) is 8.56. The number of aliphatic carboxylic acids is 1. The number of hydrogen-bond donors (Lipinski definition) is 2. The Kier molecular flexibility index (Phi) is 3.40. The number of hydrogen-bond acceptors (Lipinski definition) is 6. The summed E-state index contributed by atoms with van der Waals surface area (Å²) >= 11 is 0. The van der Waals surface area contributed by atoms with Gasteiger partial charge in [-0.3, -0.25) is 9.59 Å². The van der Waals surface area contributed by atoms with Crippen molar-refractivity contribution < 1.29 is 14.7 Å². The van der Waals surface area contributed by atoms with Crippen LogP contribution in [0.15, 0.2) is 0 Å². The molecule has 2 rings (SSSR count). The normalized spacial score (nSPS) is 16.8. The minimum absolute atomic E-state index is 0.102. The molecule has 2 heterocycles. The minimum atomic E-state index is -1.02. The molecule has 1 amide bonds. The molecule has 0 spiro atoms. The number of anilines is 1. The summed E-state index contributed by atoms with van der Waals surface area (Å²) in [6, 6.07) is 0. The molecule has 1 aromatic heterocycles. The van der Waals surface area contributed by atoms with E-state index in [0.29, 0.717) is 31.9 Å². The quantitative estimate of drug-likeness (QED) is 0.666. The van der Waals surface area contributed by atoms with Gasteiger partial charge < -0.3 is 15.7 Å². The van der Waals surface area contributed by atoms with E-state index >= 15 is 0 Å². The second-order valence-corrected chi connectivity index (χ2v) is 4.18. The Morgan fingerprint density at radius 3 is 2.61 bits per heavy atom. The molecular weight excluding hydrogens is 240 g/mol. The Hall–Kier alpha value is -2.19. The van der Waals surface area contributed by atoms with Crippen LogP contribution in [0.4, 0.5) is 5.95 Å². The Balaban J connectivity index is 1.95. The first-order valence-corrected chi connectivity index (χ1v) is 5.60. The summed E-state index contributed by atoms with van der Waals surface area (Å²) in [7, 11) is 0. The van der Waals surface area contributed by atoms with Gasteiger partial charge in [0.2, 0.25) is 5.91 Å². The standard InChI is InChI=1S/C9H14N6O3/c10-8(18)6-1-3-14(4-2-6)9-11-13-15(12-9)5-7(16)17/h6H,1-5H2,(H2,10,18)(H,16,17). The Morgan fingerprint density at radius 1 is 1.39 bits per heavy atom. The van der Waals surface area contributed by atoms with Crippen molar-refractivity contribution in [3.63, 3.8) is 0 Å². The molecule has 1 aliphatic heterocycles. The topological polar surface area (TPSA) is 127 Å². The van der Waals surface area contributed by atoms with Gasteiger partial charge in [0.15, 0.2) is 6.54 Å². The zero-order valence-corrected chi connectivity index (χ0v) is 9.69. The molecule has 1 fully saturated rings. The number of rotatable bonds is 4. The molecule has 9 heteroatoms. The summed E-state index contributed by atoms with van der Waals surface area (Å²) in [5.74, 6) is -1.02. The van der Waals surface area contributed by atoms with Crippen LogP contribution in [0.5, 0.6) is 0 Å². The van der Waals surface area contributed by atoms with Crippen molar-refractivity contribution in [3.8, 4) is 0 Å². The molecule has 98 valence electrons. The number of carboxylic acid groups (broad SMARTS) is 1. The van der Waals surface area contributed by atoms with Gasteiger partial charge in [-0.05, 0) is 18.1 Å². The van der Waals surface area contributed by atoms with Gasteiger partial charge >= 0.3 is 5.97 Å². The number of carbonyl (C=O) groups excluding carboxylic acids is 1. The molecule has 0 atom stereocenters. The van der Waals surface area contributed by atoms with E-state index in [4.69, 9.17) is 10.8 Å². The predicted octanol–water partition coefficient (Wildman–Crippen LogP) is -1.54. The number of aromatic nitrogens is 4. The number of piperidine rings is 1. The van der Waals surface area contributed by atoms with Gasteiger partial charge in [0.05, 0.1) is 0 Å². The van der Waals surface area contributed by atoms with E-state index in [0.717, 1.165) is 4.80 Å². The van der Waals surface area contributed by atoms with Crippen molar-refractivity contribution >= 4 is 17.8 Å². The summed E-state index contributed by atoms with van der Waals surface area (Å²) < 4.78 is 0. The maximum absolute atomic E-state index is 11.0. The van der Waals surface area contributed by atoms with Crippen LogP contribution in [-0.2, 0) is 16.1 Å². The van der Waals surface area contributed by atoms with Gasteiger partial charge in [-0.25, -0.2) is 0 Å². The van der Waals surface area contributed by atoms with E-state index in [1.54, 1.807) is 0 Å². The number of nitrogens with zero attached hydrogens (tertiary/aromatic N) is 5. The summed E-state index contributed by atoms with van der Waals surface area (Å²) in [6.45, 7) is 0.920. The van der Waals surface area contributed by atoms with Crippen molar-refractivity contribution in [2.75, 3.05) is 18.0 Å². The number of nitrogens with two attached hydrogens (primary N) is 1. The van der Waals surface area contributed by atoms with Crippen LogP contribution >= 0.6 is 0 Å². The lowest BCUT2D eigenvalue weighted by atomic mass is 9.97. The zero-order valence-electron chi connectivity index (χ0n) is 9.69. The molecular formula is C9H14N6O3. The Bertz CT molecular complexity index is 451. The van der Waals surface area contributed by atoms with Crippen LogP contribution in [0, 0.1) is 5.92 Å². The largest absolute Gasteiger partial charge is 0.480 e. The fraction of sp³-hybridized carbons (Fsp3) is 0.667. The molecule has 0 aromatic carbocycles. The Labute approximate surface area is 103 Å². The van der Waals surface area contributed by atoms with E-state index in [1.807, 2.05) is 4.90 Å². The van der Waals surface area contributed by atoms with Crippen LogP contribution in [0.3, 0.4) is 0 Å². The van der Waals surface area contributed by atoms with Crippen molar-refractivity contribution in [3.05, 3.63) is 0 Å². The zero-order chi connectivity index (χ0) is 13.1. The summed E-state index contributed by atoms with van der Waals surface area (Å²) in [6.07, 6.45) is 1.31. The third-order valence-electron chi connectivity index (χ3n) is 2.90. The maximum Gasteiger partial charge on any atom is 0.327 e. The first-order valence-electron chi connectivity index (χ1n) is 5.60. The van der Waals surface area contributed by atoms with Crippen LogP contribution in [-0.4, -0.2) is 50.3 Å². The van der Waals surface area contributed by atoms with Crippen LogP contribution in [0.1, 0.15) is 12.8 Å². The smallest absolute Gasteiger partial charge is 0.327 e. The average Bonchev–Trinajstić information content (AvgIpc) is 2.76. The summed E-state index contributed by atoms with van der Waals surface area (Å²) in [5, 5.41) is 20.0. The van der Waals surface area contributed by atoms with Crippen molar-refractivity contribution in [2.45, 2.75) is 19.4 Å². The highest BCUT2D eigenvalue weighted by Crippen LogP contribution is 2.19. The van der Waals surface area contributed by atoms with E-state index in [-0.39, 0.29) is 18.4 Å². The number of carboxylic acids is 1. The molecule has 0 saturated carbocycles. The molecule has 0 radical (unpaired) electrons. The highest BCUT2D eigenvalue weighted by Gasteiger charge is 2.25. The lowest BCUT2D eigenvalue weighted by molar-refractivity contribution is -0.138.